The van der Waals surface area contributed by atoms with Crippen LogP contribution in [-0.4, -0.2) is 12.5 Å². The number of hydrogen-bond acceptors (Lipinski definition) is 5. The van der Waals surface area contributed by atoms with Gasteiger partial charge in [-0.2, -0.15) is 0 Å². The summed E-state index contributed by atoms with van der Waals surface area (Å²) in [4.78, 5) is 13.2. The van der Waals surface area contributed by atoms with Crippen LogP contribution >= 0.6 is 0 Å². The Labute approximate surface area is 217 Å². The highest BCUT2D eigenvalue weighted by molar-refractivity contribution is 5.97. The van der Waals surface area contributed by atoms with Gasteiger partial charge in [-0.25, -0.2) is 4.79 Å². The van der Waals surface area contributed by atoms with E-state index in [1.54, 1.807) is 0 Å². The molecule has 2 aliphatic rings. The van der Waals surface area contributed by atoms with Gasteiger partial charge in [0.1, 0.15) is 11.5 Å². The molecule has 4 aromatic carbocycles. The molecule has 1 spiro atoms. The molecule has 0 saturated heterocycles. The summed E-state index contributed by atoms with van der Waals surface area (Å²) < 4.78 is 12.9. The minimum absolute atomic E-state index is 0.325. The Bertz CT molecular complexity index is 1480. The second kappa shape index (κ2) is 9.32. The zero-order valence-corrected chi connectivity index (χ0v) is 21.1. The van der Waals surface area contributed by atoms with Crippen molar-refractivity contribution in [2.45, 2.75) is 38.7 Å². The smallest absolute Gasteiger partial charge is 0.340 e. The van der Waals surface area contributed by atoms with E-state index >= 15 is 0 Å². The highest BCUT2D eigenvalue weighted by Gasteiger charge is 2.53. The van der Waals surface area contributed by atoms with Crippen LogP contribution in [0.2, 0.25) is 0 Å². The highest BCUT2D eigenvalue weighted by Crippen LogP contribution is 2.57. The fourth-order valence-electron chi connectivity index (χ4n) is 5.35. The third-order valence-electron chi connectivity index (χ3n) is 7.22. The van der Waals surface area contributed by atoms with E-state index < -0.39 is 5.60 Å². The van der Waals surface area contributed by atoms with E-state index in [1.807, 2.05) is 78.9 Å². The lowest BCUT2D eigenvalue weighted by Crippen LogP contribution is -2.33. The number of hydrogen-bond donors (Lipinski definition) is 2. The van der Waals surface area contributed by atoms with Crippen molar-refractivity contribution in [3.63, 3.8) is 0 Å². The molecule has 0 aliphatic carbocycles. The predicted molar refractivity (Wildman–Crippen MR) is 147 cm³/mol. The highest BCUT2D eigenvalue weighted by atomic mass is 16.6. The van der Waals surface area contributed by atoms with Crippen LogP contribution in [0.5, 0.6) is 11.5 Å². The van der Waals surface area contributed by atoms with Crippen LogP contribution in [0, 0.1) is 6.92 Å². The standard InChI is InChI=1S/C32H30N2O3/c1-3-4-10-17-33-23-15-16-26-30(19-23)36-29-18-21(2)28(34-22-11-6-5-7-12-22)20-27(29)32(26)25-14-9-8-13-24(25)31(35)37-32/h5-9,11-16,18-20,33-34H,3-4,10,17H2,1-2H3. The van der Waals surface area contributed by atoms with Crippen LogP contribution in [-0.2, 0) is 10.3 Å². The first-order chi connectivity index (χ1) is 18.1. The minimum Gasteiger partial charge on any atom is -0.456 e. The first-order valence-electron chi connectivity index (χ1n) is 13.0. The van der Waals surface area contributed by atoms with Gasteiger partial charge in [-0.15, -0.1) is 0 Å². The molecule has 2 N–H and O–H groups in total. The average Bonchev–Trinajstić information content (AvgIpc) is 3.21. The first kappa shape index (κ1) is 23.2. The monoisotopic (exact) mass is 490 g/mol. The van der Waals surface area contributed by atoms with E-state index in [0.29, 0.717) is 17.1 Å². The molecule has 0 saturated carbocycles. The summed E-state index contributed by atoms with van der Waals surface area (Å²) in [5.41, 5.74) is 5.92. The quantitative estimate of drug-likeness (QED) is 0.204. The molecule has 0 bridgehead atoms. The van der Waals surface area contributed by atoms with Crippen LogP contribution in [0.3, 0.4) is 0 Å². The maximum absolute atomic E-state index is 13.2. The zero-order valence-electron chi connectivity index (χ0n) is 21.1. The van der Waals surface area contributed by atoms with Crippen LogP contribution in [0.15, 0.2) is 84.9 Å². The Morgan fingerprint density at radius 3 is 2.41 bits per heavy atom. The molecule has 0 radical (unpaired) electrons. The number of ether oxygens (including phenoxy) is 2. The van der Waals surface area contributed by atoms with Crippen molar-refractivity contribution in [1.29, 1.82) is 0 Å². The molecular formula is C32H30N2O3. The summed E-state index contributed by atoms with van der Waals surface area (Å²) in [6.45, 7) is 5.16. The van der Waals surface area contributed by atoms with Gasteiger partial charge in [0.25, 0.3) is 0 Å². The molecule has 0 aromatic heterocycles. The zero-order chi connectivity index (χ0) is 25.4. The molecule has 6 rings (SSSR count). The number of benzene rings is 4. The Morgan fingerprint density at radius 1 is 0.784 bits per heavy atom. The molecule has 1 atom stereocenters. The maximum atomic E-state index is 13.2. The number of aryl methyl sites for hydroxylation is 1. The lowest BCUT2D eigenvalue weighted by Gasteiger charge is -2.37. The summed E-state index contributed by atoms with van der Waals surface area (Å²) in [7, 11) is 0. The summed E-state index contributed by atoms with van der Waals surface area (Å²) in [5, 5.41) is 7.03. The number of carbonyl (C=O) groups is 1. The topological polar surface area (TPSA) is 59.6 Å². The normalized spacial score (nSPS) is 16.9. The molecule has 1 unspecified atom stereocenters. The van der Waals surface area contributed by atoms with E-state index in [2.05, 4.69) is 30.5 Å². The summed E-state index contributed by atoms with van der Waals surface area (Å²) in [6, 6.07) is 27.9. The van der Waals surface area contributed by atoms with Crippen molar-refractivity contribution in [2.24, 2.45) is 0 Å². The molecule has 4 aromatic rings. The number of unbranched alkanes of at least 4 members (excludes halogenated alkanes) is 2. The molecule has 5 nitrogen and oxygen atoms in total. The van der Waals surface area contributed by atoms with Crippen LogP contribution in [0.1, 0.15) is 58.8 Å². The largest absolute Gasteiger partial charge is 0.456 e. The van der Waals surface area contributed by atoms with Crippen molar-refractivity contribution in [3.05, 3.63) is 113 Å². The second-order valence-electron chi connectivity index (χ2n) is 9.72. The fraction of sp³-hybridized carbons (Fsp3) is 0.219. The summed E-state index contributed by atoms with van der Waals surface area (Å²) in [6.07, 6.45) is 3.48. The predicted octanol–water partition coefficient (Wildman–Crippen LogP) is 7.91. The number of anilines is 3. The van der Waals surface area contributed by atoms with Crippen molar-refractivity contribution in [2.75, 3.05) is 17.2 Å². The summed E-state index contributed by atoms with van der Waals surface area (Å²) >= 11 is 0. The van der Waals surface area contributed by atoms with Crippen molar-refractivity contribution in [3.8, 4) is 11.5 Å². The van der Waals surface area contributed by atoms with Crippen molar-refractivity contribution in [1.82, 2.24) is 0 Å². The van der Waals surface area contributed by atoms with Gasteiger partial charge in [-0.1, -0.05) is 56.2 Å². The number of nitrogens with one attached hydrogen (secondary N) is 2. The van der Waals surface area contributed by atoms with E-state index in [4.69, 9.17) is 9.47 Å². The lowest BCUT2D eigenvalue weighted by molar-refractivity contribution is 0.0224. The van der Waals surface area contributed by atoms with Gasteiger partial charge in [0.15, 0.2) is 5.60 Å². The van der Waals surface area contributed by atoms with Crippen molar-refractivity contribution >= 4 is 23.0 Å². The summed E-state index contributed by atoms with van der Waals surface area (Å²) in [5.74, 6) is 1.06. The molecule has 2 aliphatic heterocycles. The van der Waals surface area contributed by atoms with Gasteiger partial charge in [0, 0.05) is 46.4 Å². The van der Waals surface area contributed by atoms with Crippen molar-refractivity contribution < 1.29 is 14.3 Å². The Kier molecular flexibility index (Phi) is 5.84. The molecule has 5 heteroatoms. The molecule has 0 fully saturated rings. The Balaban J connectivity index is 1.49. The Morgan fingerprint density at radius 2 is 1.57 bits per heavy atom. The van der Waals surface area contributed by atoms with E-state index in [0.717, 1.165) is 52.3 Å². The second-order valence-corrected chi connectivity index (χ2v) is 9.72. The molecule has 2 heterocycles. The van der Waals surface area contributed by atoms with Gasteiger partial charge in [0.2, 0.25) is 0 Å². The van der Waals surface area contributed by atoms with Crippen LogP contribution in [0.4, 0.5) is 17.1 Å². The van der Waals surface area contributed by atoms with Gasteiger partial charge in [-0.05, 0) is 61.4 Å². The first-order valence-corrected chi connectivity index (χ1v) is 13.0. The molecule has 37 heavy (non-hydrogen) atoms. The average molecular weight is 491 g/mol. The third kappa shape index (κ3) is 3.91. The molecular weight excluding hydrogens is 460 g/mol. The number of rotatable bonds is 7. The third-order valence-corrected chi connectivity index (χ3v) is 7.22. The van der Waals surface area contributed by atoms with Gasteiger partial charge < -0.3 is 20.1 Å². The van der Waals surface area contributed by atoms with E-state index in [1.165, 1.54) is 12.8 Å². The number of carbonyl (C=O) groups excluding carboxylic acids is 1. The molecule has 0 amide bonds. The van der Waals surface area contributed by atoms with E-state index in [-0.39, 0.29) is 5.97 Å². The van der Waals surface area contributed by atoms with Crippen LogP contribution < -0.4 is 15.4 Å². The van der Waals surface area contributed by atoms with Crippen LogP contribution in [0.25, 0.3) is 0 Å². The minimum atomic E-state index is -1.09. The van der Waals surface area contributed by atoms with Gasteiger partial charge in [-0.3, -0.25) is 0 Å². The number of fused-ring (bicyclic) bond motifs is 6. The van der Waals surface area contributed by atoms with Gasteiger partial charge >= 0.3 is 5.97 Å². The Hall–Kier alpha value is -4.25. The number of esters is 1. The van der Waals surface area contributed by atoms with Gasteiger partial charge in [0.05, 0.1) is 5.56 Å². The lowest BCUT2D eigenvalue weighted by atomic mass is 9.77. The molecule has 186 valence electrons. The number of para-hydroxylation sites is 1. The maximum Gasteiger partial charge on any atom is 0.340 e. The van der Waals surface area contributed by atoms with E-state index in [9.17, 15) is 4.79 Å². The SMILES string of the molecule is CCCCCNc1ccc2c(c1)Oc1cc(C)c(Nc3ccccc3)cc1C21OC(=O)c2ccccc21. The fourth-order valence-corrected chi connectivity index (χ4v) is 5.35.